The van der Waals surface area contributed by atoms with Gasteiger partial charge in [0.25, 0.3) is 0 Å². The van der Waals surface area contributed by atoms with Gasteiger partial charge in [-0.25, -0.2) is 19.6 Å². The Labute approximate surface area is 157 Å². The van der Waals surface area contributed by atoms with Gasteiger partial charge in [0.05, 0.1) is 12.6 Å². The Hall–Kier alpha value is -3.13. The van der Waals surface area contributed by atoms with Crippen LogP contribution in [0.4, 0.5) is 0 Å². The maximum Gasteiger partial charge on any atom is 0.248 e. The van der Waals surface area contributed by atoms with Crippen molar-refractivity contribution < 1.29 is 9.90 Å². The lowest BCUT2D eigenvalue weighted by atomic mass is 10.1. The van der Waals surface area contributed by atoms with Gasteiger partial charge in [-0.2, -0.15) is 5.10 Å². The van der Waals surface area contributed by atoms with Crippen LogP contribution < -0.4 is 5.73 Å². The molecule has 1 aromatic carbocycles. The largest absolute Gasteiger partial charge is 0.391 e. The number of aliphatic hydroxyl groups is 1. The third-order valence-electron chi connectivity index (χ3n) is 4.15. The van der Waals surface area contributed by atoms with Crippen LogP contribution in [-0.2, 0) is 6.54 Å². The molecule has 8 heteroatoms. The molecule has 0 fully saturated rings. The normalized spacial score (nSPS) is 12.1. The van der Waals surface area contributed by atoms with E-state index in [-0.39, 0.29) is 0 Å². The minimum absolute atomic E-state index is 0.306. The molecule has 1 amide bonds. The van der Waals surface area contributed by atoms with Gasteiger partial charge in [-0.3, -0.25) is 4.79 Å². The highest BCUT2D eigenvalue weighted by Crippen LogP contribution is 2.23. The van der Waals surface area contributed by atoms with Crippen molar-refractivity contribution in [2.45, 2.75) is 39.8 Å². The van der Waals surface area contributed by atoms with E-state index in [9.17, 15) is 9.90 Å². The highest BCUT2D eigenvalue weighted by atomic mass is 16.3. The summed E-state index contributed by atoms with van der Waals surface area (Å²) in [5, 5.41) is 14.6. The molecule has 140 valence electrons. The number of amides is 1. The summed E-state index contributed by atoms with van der Waals surface area (Å²) in [5.74, 6) is 1.20. The number of hydrogen-bond acceptors (Lipinski definition) is 6. The first-order valence-electron chi connectivity index (χ1n) is 8.73. The van der Waals surface area contributed by atoms with Gasteiger partial charge in [0.2, 0.25) is 5.91 Å². The van der Waals surface area contributed by atoms with Crippen LogP contribution in [0.5, 0.6) is 0 Å². The van der Waals surface area contributed by atoms with Crippen LogP contribution in [0.25, 0.3) is 22.9 Å². The van der Waals surface area contributed by atoms with Crippen molar-refractivity contribution in [3.63, 3.8) is 0 Å². The van der Waals surface area contributed by atoms with Gasteiger partial charge in [0.15, 0.2) is 11.6 Å². The summed E-state index contributed by atoms with van der Waals surface area (Å²) < 4.78 is 1.66. The molecule has 0 saturated carbocycles. The molecular weight excluding hydrogens is 344 g/mol. The zero-order chi connectivity index (χ0) is 19.6. The minimum atomic E-state index is -0.542. The van der Waals surface area contributed by atoms with Crippen LogP contribution in [0.2, 0.25) is 0 Å². The lowest BCUT2D eigenvalue weighted by Gasteiger charge is -2.10. The predicted octanol–water partition coefficient (Wildman–Crippen LogP) is 1.89. The number of carbonyl (C=O) groups is 1. The third kappa shape index (κ3) is 4.17. The van der Waals surface area contributed by atoms with Crippen LogP contribution in [0, 0.1) is 13.8 Å². The fraction of sp³-hybridized carbons (Fsp3) is 0.316. The average Bonchev–Trinajstić information content (AvgIpc) is 3.04. The van der Waals surface area contributed by atoms with Gasteiger partial charge in [-0.15, -0.1) is 0 Å². The molecule has 1 atom stereocenters. The van der Waals surface area contributed by atoms with E-state index in [0.717, 1.165) is 11.3 Å². The first kappa shape index (κ1) is 18.7. The van der Waals surface area contributed by atoms with E-state index in [1.165, 1.54) is 0 Å². The molecule has 2 heterocycles. The molecule has 0 unspecified atom stereocenters. The van der Waals surface area contributed by atoms with Gasteiger partial charge in [0, 0.05) is 16.8 Å². The summed E-state index contributed by atoms with van der Waals surface area (Å²) in [5.41, 5.74) is 7.93. The molecule has 0 spiro atoms. The lowest BCUT2D eigenvalue weighted by Crippen LogP contribution is -2.17. The Balaban J connectivity index is 2.07. The SMILES string of the molecule is CC[C@@H](O)Cn1nc(-c2ccc(C(N)=O)cc2)nc1-c1cc(C)nc(C)n1. The molecule has 3 aromatic rings. The zero-order valence-electron chi connectivity index (χ0n) is 15.5. The molecule has 27 heavy (non-hydrogen) atoms. The van der Waals surface area contributed by atoms with Crippen LogP contribution in [0.1, 0.15) is 35.2 Å². The number of nitrogens with zero attached hydrogens (tertiary/aromatic N) is 5. The van der Waals surface area contributed by atoms with Crippen molar-refractivity contribution in [2.24, 2.45) is 5.73 Å². The fourth-order valence-corrected chi connectivity index (χ4v) is 2.72. The molecule has 0 saturated heterocycles. The van der Waals surface area contributed by atoms with Gasteiger partial charge in [-0.05, 0) is 38.5 Å². The summed E-state index contributed by atoms with van der Waals surface area (Å²) in [6, 6.07) is 8.61. The van der Waals surface area contributed by atoms with Gasteiger partial charge in [-0.1, -0.05) is 19.1 Å². The lowest BCUT2D eigenvalue weighted by molar-refractivity contribution is 0.1000. The number of aliphatic hydroxyl groups excluding tert-OH is 1. The molecular formula is C19H22N6O2. The summed E-state index contributed by atoms with van der Waals surface area (Å²) in [6.45, 7) is 5.93. The smallest absolute Gasteiger partial charge is 0.248 e. The number of aryl methyl sites for hydroxylation is 2. The van der Waals surface area contributed by atoms with Gasteiger partial charge < -0.3 is 10.8 Å². The van der Waals surface area contributed by atoms with Gasteiger partial charge >= 0.3 is 0 Å². The third-order valence-corrected chi connectivity index (χ3v) is 4.15. The molecule has 0 aliphatic rings. The number of benzene rings is 1. The minimum Gasteiger partial charge on any atom is -0.391 e. The molecule has 0 aliphatic heterocycles. The Morgan fingerprint density at radius 1 is 1.19 bits per heavy atom. The van der Waals surface area contributed by atoms with E-state index in [1.54, 1.807) is 28.9 Å². The monoisotopic (exact) mass is 366 g/mol. The second-order valence-corrected chi connectivity index (χ2v) is 6.39. The van der Waals surface area contributed by atoms with Crippen molar-refractivity contribution in [3.05, 3.63) is 47.4 Å². The van der Waals surface area contributed by atoms with Crippen molar-refractivity contribution in [1.82, 2.24) is 24.7 Å². The van der Waals surface area contributed by atoms with Crippen LogP contribution in [0.15, 0.2) is 30.3 Å². The van der Waals surface area contributed by atoms with E-state index < -0.39 is 12.0 Å². The summed E-state index contributed by atoms with van der Waals surface area (Å²) >= 11 is 0. The zero-order valence-corrected chi connectivity index (χ0v) is 15.5. The predicted molar refractivity (Wildman–Crippen MR) is 101 cm³/mol. The summed E-state index contributed by atoms with van der Waals surface area (Å²) in [4.78, 5) is 24.6. The molecule has 8 nitrogen and oxygen atoms in total. The average molecular weight is 366 g/mol. The number of rotatable bonds is 6. The molecule has 3 rings (SSSR count). The number of hydrogen-bond donors (Lipinski definition) is 2. The maximum absolute atomic E-state index is 11.3. The van der Waals surface area contributed by atoms with Crippen LogP contribution in [-0.4, -0.2) is 41.9 Å². The van der Waals surface area contributed by atoms with E-state index in [4.69, 9.17) is 5.73 Å². The number of nitrogens with two attached hydrogens (primary N) is 1. The standard InChI is InChI=1S/C19H22N6O2/c1-4-15(26)10-25-19(16-9-11(2)21-12(3)22-16)23-18(24-25)14-7-5-13(6-8-14)17(20)27/h5-9,15,26H,4,10H2,1-3H3,(H2,20,27)/t15-/m1/s1. The van der Waals surface area contributed by atoms with Crippen LogP contribution in [0.3, 0.4) is 0 Å². The quantitative estimate of drug-likeness (QED) is 0.687. The number of primary amides is 1. The number of aromatic nitrogens is 5. The second kappa shape index (κ2) is 7.63. The molecule has 0 radical (unpaired) electrons. The van der Waals surface area contributed by atoms with E-state index >= 15 is 0 Å². The highest BCUT2D eigenvalue weighted by molar-refractivity contribution is 5.93. The Bertz CT molecular complexity index is 945. The van der Waals surface area contributed by atoms with Crippen molar-refractivity contribution in [1.29, 1.82) is 0 Å². The Kier molecular flexibility index (Phi) is 5.27. The van der Waals surface area contributed by atoms with E-state index in [1.807, 2.05) is 26.8 Å². The first-order chi connectivity index (χ1) is 12.9. The topological polar surface area (TPSA) is 120 Å². The van der Waals surface area contributed by atoms with Crippen molar-refractivity contribution in [2.75, 3.05) is 0 Å². The molecule has 0 bridgehead atoms. The molecule has 2 aromatic heterocycles. The van der Waals surface area contributed by atoms with E-state index in [2.05, 4.69) is 20.1 Å². The number of carbonyl (C=O) groups excluding carboxylic acids is 1. The summed E-state index contributed by atoms with van der Waals surface area (Å²) in [7, 11) is 0. The van der Waals surface area contributed by atoms with Gasteiger partial charge in [0.1, 0.15) is 11.5 Å². The highest BCUT2D eigenvalue weighted by Gasteiger charge is 2.17. The Morgan fingerprint density at radius 2 is 1.89 bits per heavy atom. The second-order valence-electron chi connectivity index (χ2n) is 6.39. The van der Waals surface area contributed by atoms with Crippen molar-refractivity contribution in [3.8, 4) is 22.9 Å². The fourth-order valence-electron chi connectivity index (χ4n) is 2.72. The maximum atomic E-state index is 11.3. The van der Waals surface area contributed by atoms with Crippen molar-refractivity contribution >= 4 is 5.91 Å². The molecule has 3 N–H and O–H groups in total. The van der Waals surface area contributed by atoms with E-state index in [0.29, 0.717) is 41.7 Å². The Morgan fingerprint density at radius 3 is 2.48 bits per heavy atom. The first-order valence-corrected chi connectivity index (χ1v) is 8.73. The molecule has 0 aliphatic carbocycles. The van der Waals surface area contributed by atoms with Crippen LogP contribution >= 0.6 is 0 Å². The summed E-state index contributed by atoms with van der Waals surface area (Å²) in [6.07, 6.45) is 0.0589.